The molecule has 2 aromatic heterocycles. The van der Waals surface area contributed by atoms with Gasteiger partial charge < -0.3 is 9.32 Å². The highest BCUT2D eigenvalue weighted by atomic mass is 16.4. The van der Waals surface area contributed by atoms with Gasteiger partial charge in [0.25, 0.3) is 0 Å². The van der Waals surface area contributed by atoms with Gasteiger partial charge >= 0.3 is 0 Å². The van der Waals surface area contributed by atoms with Crippen LogP contribution in [0.3, 0.4) is 0 Å². The van der Waals surface area contributed by atoms with Gasteiger partial charge in [0.05, 0.1) is 0 Å². The number of aryl methyl sites for hydroxylation is 2. The number of benzene rings is 1. The van der Waals surface area contributed by atoms with Crippen molar-refractivity contribution in [2.24, 2.45) is 0 Å². The number of hydrogen-bond acceptors (Lipinski definition) is 5. The standard InChI is InChI=1S/C20H22N4O2/c1-15-3-5-17(6-4-15)20-23-22-18(26-20)7-8-19(25)24(2)14-11-16-9-12-21-13-10-16/h3-6,9-10,12-13H,7-8,11,14H2,1-2H3. The highest BCUT2D eigenvalue weighted by Crippen LogP contribution is 2.18. The molecule has 134 valence electrons. The van der Waals surface area contributed by atoms with Crippen LogP contribution in [0.15, 0.2) is 53.2 Å². The van der Waals surface area contributed by atoms with Crippen molar-refractivity contribution in [1.82, 2.24) is 20.1 Å². The minimum atomic E-state index is 0.0640. The van der Waals surface area contributed by atoms with Crippen molar-refractivity contribution in [3.05, 3.63) is 65.8 Å². The number of nitrogens with zero attached hydrogens (tertiary/aromatic N) is 4. The molecule has 0 aliphatic heterocycles. The molecule has 0 N–H and O–H groups in total. The van der Waals surface area contributed by atoms with E-state index in [1.165, 1.54) is 11.1 Å². The van der Waals surface area contributed by atoms with E-state index in [-0.39, 0.29) is 5.91 Å². The Kier molecular flexibility index (Phi) is 5.73. The molecule has 26 heavy (non-hydrogen) atoms. The molecule has 0 aliphatic rings. The van der Waals surface area contributed by atoms with Crippen LogP contribution in [0, 0.1) is 6.92 Å². The minimum absolute atomic E-state index is 0.0640. The van der Waals surface area contributed by atoms with Crippen LogP contribution in [-0.2, 0) is 17.6 Å². The van der Waals surface area contributed by atoms with Gasteiger partial charge in [0.1, 0.15) is 0 Å². The first-order valence-corrected chi connectivity index (χ1v) is 8.64. The van der Waals surface area contributed by atoms with Gasteiger partial charge in [0, 0.05) is 44.4 Å². The first-order chi connectivity index (χ1) is 12.6. The second kappa shape index (κ2) is 8.38. The lowest BCUT2D eigenvalue weighted by molar-refractivity contribution is -0.129. The van der Waals surface area contributed by atoms with E-state index in [9.17, 15) is 4.79 Å². The van der Waals surface area contributed by atoms with E-state index >= 15 is 0 Å². The number of pyridine rings is 1. The lowest BCUT2D eigenvalue weighted by Gasteiger charge is -2.16. The molecule has 0 fully saturated rings. The van der Waals surface area contributed by atoms with E-state index in [4.69, 9.17) is 4.42 Å². The Hall–Kier alpha value is -3.02. The molecule has 0 atom stereocenters. The lowest BCUT2D eigenvalue weighted by Crippen LogP contribution is -2.29. The molecular weight excluding hydrogens is 328 g/mol. The molecule has 6 nitrogen and oxygen atoms in total. The Morgan fingerprint density at radius 2 is 1.77 bits per heavy atom. The molecule has 0 saturated carbocycles. The third-order valence-corrected chi connectivity index (χ3v) is 4.23. The molecule has 0 radical (unpaired) electrons. The topological polar surface area (TPSA) is 72.1 Å². The average molecular weight is 350 g/mol. The molecule has 0 bridgehead atoms. The fraction of sp³-hybridized carbons (Fsp3) is 0.300. The molecule has 3 aromatic rings. The van der Waals surface area contributed by atoms with Crippen LogP contribution in [0.5, 0.6) is 0 Å². The van der Waals surface area contributed by atoms with E-state index in [1.54, 1.807) is 17.3 Å². The zero-order valence-corrected chi connectivity index (χ0v) is 15.1. The van der Waals surface area contributed by atoms with Crippen molar-refractivity contribution >= 4 is 5.91 Å². The number of aromatic nitrogens is 3. The molecule has 0 spiro atoms. The maximum absolute atomic E-state index is 12.3. The van der Waals surface area contributed by atoms with Gasteiger partial charge in [-0.3, -0.25) is 9.78 Å². The number of hydrogen-bond donors (Lipinski definition) is 0. The molecule has 6 heteroatoms. The number of carbonyl (C=O) groups is 1. The summed E-state index contributed by atoms with van der Waals surface area (Å²) >= 11 is 0. The summed E-state index contributed by atoms with van der Waals surface area (Å²) in [5.74, 6) is 1.03. The van der Waals surface area contributed by atoms with Gasteiger partial charge in [-0.15, -0.1) is 10.2 Å². The Morgan fingerprint density at radius 1 is 1.04 bits per heavy atom. The predicted octanol–water partition coefficient (Wildman–Crippen LogP) is 3.07. The zero-order chi connectivity index (χ0) is 18.4. The Balaban J connectivity index is 1.49. The lowest BCUT2D eigenvalue weighted by atomic mass is 10.1. The summed E-state index contributed by atoms with van der Waals surface area (Å²) in [5.41, 5.74) is 3.23. The van der Waals surface area contributed by atoms with Gasteiger partial charge in [-0.1, -0.05) is 17.7 Å². The van der Waals surface area contributed by atoms with E-state index in [0.29, 0.717) is 31.2 Å². The van der Waals surface area contributed by atoms with Crippen molar-refractivity contribution in [3.63, 3.8) is 0 Å². The van der Waals surface area contributed by atoms with Crippen molar-refractivity contribution in [1.29, 1.82) is 0 Å². The third-order valence-electron chi connectivity index (χ3n) is 4.23. The fourth-order valence-electron chi connectivity index (χ4n) is 2.54. The summed E-state index contributed by atoms with van der Waals surface area (Å²) < 4.78 is 5.67. The molecule has 1 aromatic carbocycles. The Morgan fingerprint density at radius 3 is 2.50 bits per heavy atom. The normalized spacial score (nSPS) is 10.7. The molecule has 0 unspecified atom stereocenters. The van der Waals surface area contributed by atoms with E-state index < -0.39 is 0 Å². The van der Waals surface area contributed by atoms with Crippen LogP contribution in [-0.4, -0.2) is 39.6 Å². The minimum Gasteiger partial charge on any atom is -0.421 e. The summed E-state index contributed by atoms with van der Waals surface area (Å²) in [6.45, 7) is 2.70. The monoisotopic (exact) mass is 350 g/mol. The average Bonchev–Trinajstić information content (AvgIpc) is 3.14. The summed E-state index contributed by atoms with van der Waals surface area (Å²) in [5, 5.41) is 8.11. The quantitative estimate of drug-likeness (QED) is 0.655. The van der Waals surface area contributed by atoms with Gasteiger partial charge in [0.15, 0.2) is 0 Å². The van der Waals surface area contributed by atoms with Crippen LogP contribution in [0.4, 0.5) is 0 Å². The number of rotatable bonds is 7. The molecule has 1 amide bonds. The molecular formula is C20H22N4O2. The molecule has 3 rings (SSSR count). The Bertz CT molecular complexity index is 844. The molecule has 2 heterocycles. The second-order valence-corrected chi connectivity index (χ2v) is 6.29. The van der Waals surface area contributed by atoms with E-state index in [1.807, 2.05) is 50.4 Å². The highest BCUT2D eigenvalue weighted by Gasteiger charge is 2.13. The van der Waals surface area contributed by atoms with Crippen LogP contribution >= 0.6 is 0 Å². The second-order valence-electron chi connectivity index (χ2n) is 6.29. The van der Waals surface area contributed by atoms with Crippen molar-refractivity contribution in [2.75, 3.05) is 13.6 Å². The maximum Gasteiger partial charge on any atom is 0.247 e. The summed E-state index contributed by atoms with van der Waals surface area (Å²) in [7, 11) is 1.81. The SMILES string of the molecule is Cc1ccc(-c2nnc(CCC(=O)N(C)CCc3ccncc3)o2)cc1. The van der Waals surface area contributed by atoms with Crippen molar-refractivity contribution in [3.8, 4) is 11.5 Å². The Labute approximate surface area is 152 Å². The molecule has 0 saturated heterocycles. The first kappa shape index (κ1) is 17.8. The van der Waals surface area contributed by atoms with E-state index in [2.05, 4.69) is 15.2 Å². The summed E-state index contributed by atoms with van der Waals surface area (Å²) in [6.07, 6.45) is 5.12. The summed E-state index contributed by atoms with van der Waals surface area (Å²) in [4.78, 5) is 18.0. The van der Waals surface area contributed by atoms with E-state index in [0.717, 1.165) is 12.0 Å². The van der Waals surface area contributed by atoms with Crippen molar-refractivity contribution < 1.29 is 9.21 Å². The van der Waals surface area contributed by atoms with Gasteiger partial charge in [-0.05, 0) is 43.2 Å². The predicted molar refractivity (Wildman–Crippen MR) is 98.4 cm³/mol. The van der Waals surface area contributed by atoms with Crippen LogP contribution in [0.1, 0.15) is 23.4 Å². The fourth-order valence-corrected chi connectivity index (χ4v) is 2.54. The van der Waals surface area contributed by atoms with Gasteiger partial charge in [0.2, 0.25) is 17.7 Å². The molecule has 0 aliphatic carbocycles. The van der Waals surface area contributed by atoms with Crippen LogP contribution < -0.4 is 0 Å². The maximum atomic E-state index is 12.3. The first-order valence-electron chi connectivity index (χ1n) is 8.64. The largest absolute Gasteiger partial charge is 0.421 e. The third kappa shape index (κ3) is 4.75. The summed E-state index contributed by atoms with van der Waals surface area (Å²) in [6, 6.07) is 11.8. The van der Waals surface area contributed by atoms with Gasteiger partial charge in [-0.25, -0.2) is 0 Å². The van der Waals surface area contributed by atoms with Crippen LogP contribution in [0.25, 0.3) is 11.5 Å². The highest BCUT2D eigenvalue weighted by molar-refractivity contribution is 5.76. The van der Waals surface area contributed by atoms with Crippen molar-refractivity contribution in [2.45, 2.75) is 26.2 Å². The van der Waals surface area contributed by atoms with Crippen LogP contribution in [0.2, 0.25) is 0 Å². The van der Waals surface area contributed by atoms with Gasteiger partial charge in [-0.2, -0.15) is 0 Å². The number of carbonyl (C=O) groups excluding carboxylic acids is 1. The zero-order valence-electron chi connectivity index (χ0n) is 15.1. The smallest absolute Gasteiger partial charge is 0.247 e. The number of likely N-dealkylation sites (N-methyl/N-ethyl adjacent to an activating group) is 1. The number of amides is 1.